The van der Waals surface area contributed by atoms with Gasteiger partial charge in [-0.25, -0.2) is 0 Å². The maximum atomic E-state index is 14.2. The molecule has 0 unspecified atom stereocenters. The van der Waals surface area contributed by atoms with Crippen molar-refractivity contribution in [3.8, 4) is 23.7 Å². The molecule has 39 heavy (non-hydrogen) atoms. The first-order chi connectivity index (χ1) is 18.2. The summed E-state index contributed by atoms with van der Waals surface area (Å²) in [7, 11) is 3.11. The van der Waals surface area contributed by atoms with Crippen LogP contribution in [0.25, 0.3) is 5.76 Å². The van der Waals surface area contributed by atoms with Crippen molar-refractivity contribution in [2.24, 2.45) is 16.6 Å². The Morgan fingerprint density at radius 3 is 2.44 bits per heavy atom. The summed E-state index contributed by atoms with van der Waals surface area (Å²) in [6.07, 6.45) is 1.49. The van der Waals surface area contributed by atoms with Gasteiger partial charge >= 0.3 is 0 Å². The van der Waals surface area contributed by atoms with E-state index < -0.39 is 57.0 Å². The second kappa shape index (κ2) is 9.26. The van der Waals surface area contributed by atoms with Crippen molar-refractivity contribution in [3.05, 3.63) is 45.7 Å². The minimum absolute atomic E-state index is 0.0125. The van der Waals surface area contributed by atoms with Crippen LogP contribution in [0, 0.1) is 34.0 Å². The molecular formula is C29H31N3O7. The number of hydrogen-bond donors (Lipinski definition) is 5. The molecule has 3 aliphatic carbocycles. The fourth-order valence-electron chi connectivity index (χ4n) is 6.85. The van der Waals surface area contributed by atoms with Crippen molar-refractivity contribution in [2.45, 2.75) is 57.6 Å². The average molecular weight is 534 g/mol. The molecule has 0 aromatic heterocycles. The molecule has 0 bridgehead atoms. The van der Waals surface area contributed by atoms with E-state index in [1.165, 1.54) is 17.9 Å². The van der Waals surface area contributed by atoms with Gasteiger partial charge in [-0.3, -0.25) is 19.3 Å². The molecule has 204 valence electrons. The number of nitrogens with two attached hydrogens (primary N) is 1. The molecule has 4 atom stereocenters. The molecule has 10 heteroatoms. The number of benzene rings is 1. The quantitative estimate of drug-likeness (QED) is 0.219. The molecule has 1 aromatic rings. The number of unbranched alkanes of at least 4 members (excludes halogenated alkanes) is 2. The van der Waals surface area contributed by atoms with Crippen LogP contribution >= 0.6 is 0 Å². The Hall–Kier alpha value is -4.12. The Bertz CT molecular complexity index is 1490. The zero-order chi connectivity index (χ0) is 29.1. The predicted octanol–water partition coefficient (Wildman–Crippen LogP) is 1.79. The number of phenolic OH excluding ortho intramolecular Hbond substituents is 1. The van der Waals surface area contributed by atoms with Gasteiger partial charge in [0, 0.05) is 34.8 Å². The zero-order valence-corrected chi connectivity index (χ0v) is 22.3. The molecular weight excluding hydrogens is 502 g/mol. The monoisotopic (exact) mass is 533 g/mol. The highest BCUT2D eigenvalue weighted by atomic mass is 16.3. The van der Waals surface area contributed by atoms with Crippen molar-refractivity contribution in [3.63, 3.8) is 0 Å². The van der Waals surface area contributed by atoms with Gasteiger partial charge < -0.3 is 26.2 Å². The van der Waals surface area contributed by atoms with E-state index in [0.29, 0.717) is 30.4 Å². The Kier molecular flexibility index (Phi) is 6.63. The number of aliphatic hydroxyl groups excluding tert-OH is 2. The van der Waals surface area contributed by atoms with Crippen molar-refractivity contribution >= 4 is 23.2 Å². The van der Waals surface area contributed by atoms with Crippen molar-refractivity contribution in [1.82, 2.24) is 4.90 Å². The number of hydrogen-bond acceptors (Lipinski definition) is 9. The van der Waals surface area contributed by atoms with Crippen LogP contribution in [0.5, 0.6) is 5.75 Å². The van der Waals surface area contributed by atoms with Crippen LogP contribution in [0.1, 0.15) is 56.2 Å². The van der Waals surface area contributed by atoms with E-state index in [1.54, 1.807) is 27.1 Å². The number of nitriles is 1. The lowest BCUT2D eigenvalue weighted by Gasteiger charge is -2.59. The molecule has 1 saturated carbocycles. The normalized spacial score (nSPS) is 29.7. The molecule has 0 spiro atoms. The highest BCUT2D eigenvalue weighted by Crippen LogP contribution is 2.63. The van der Waals surface area contributed by atoms with Gasteiger partial charge in [-0.2, -0.15) is 5.26 Å². The second-order valence-corrected chi connectivity index (χ2v) is 11.2. The number of phenols is 1. The van der Waals surface area contributed by atoms with Gasteiger partial charge in [0.1, 0.15) is 22.8 Å². The standard InChI is InChI=1S/C29H31N3O7/c1-27-13-16-15(9-7-5-6-8-12-30)10-11-17(33)18(16)21(34)20(27)25(37)29(39)24(36)19(26(31)38)22(35)23(32(3)4)28(29,2)14-27/h10-11,23,33-34,36,39H,5-6,8,13-14H2,1-4H3,(H2,31,38)/t23-,27+,28+,29-/m1/s1. The molecule has 10 nitrogen and oxygen atoms in total. The Labute approximate surface area is 226 Å². The van der Waals surface area contributed by atoms with E-state index in [9.17, 15) is 34.8 Å². The summed E-state index contributed by atoms with van der Waals surface area (Å²) < 4.78 is 0. The molecule has 0 radical (unpaired) electrons. The number of fused-ring (bicyclic) bond motifs is 3. The Balaban J connectivity index is 1.98. The minimum atomic E-state index is -2.76. The first-order valence-electron chi connectivity index (χ1n) is 12.5. The number of ketones is 2. The summed E-state index contributed by atoms with van der Waals surface area (Å²) >= 11 is 0. The number of carbonyl (C=O) groups is 3. The maximum absolute atomic E-state index is 14.2. The molecule has 1 fully saturated rings. The fraction of sp³-hybridized carbons (Fsp3) is 0.448. The van der Waals surface area contributed by atoms with Crippen LogP contribution < -0.4 is 5.73 Å². The number of likely N-dealkylation sites (N-methyl/N-ethyl adjacent to an activating group) is 1. The van der Waals surface area contributed by atoms with Gasteiger partial charge in [0.2, 0.25) is 5.78 Å². The number of Topliss-reactive ketones (excluding diaryl/α,β-unsaturated/α-hetero) is 2. The lowest BCUT2D eigenvalue weighted by molar-refractivity contribution is -0.176. The summed E-state index contributed by atoms with van der Waals surface area (Å²) in [6, 6.07) is 3.79. The summed E-state index contributed by atoms with van der Waals surface area (Å²) in [5.74, 6) is 0.839. The maximum Gasteiger partial charge on any atom is 0.255 e. The molecule has 6 N–H and O–H groups in total. The van der Waals surface area contributed by atoms with Gasteiger partial charge in [-0.15, -0.1) is 0 Å². The molecule has 0 saturated heterocycles. The highest BCUT2D eigenvalue weighted by molar-refractivity contribution is 6.25. The first-order valence-corrected chi connectivity index (χ1v) is 12.5. The van der Waals surface area contributed by atoms with Crippen LogP contribution in [0.3, 0.4) is 0 Å². The number of nitrogens with zero attached hydrogens (tertiary/aromatic N) is 2. The molecule has 0 heterocycles. The largest absolute Gasteiger partial charge is 0.508 e. The smallest absolute Gasteiger partial charge is 0.255 e. The number of primary amides is 1. The van der Waals surface area contributed by atoms with Gasteiger partial charge in [-0.1, -0.05) is 25.7 Å². The Morgan fingerprint density at radius 2 is 1.85 bits per heavy atom. The number of carbonyl (C=O) groups excluding carboxylic acids is 3. The fourth-order valence-corrected chi connectivity index (χ4v) is 6.85. The van der Waals surface area contributed by atoms with E-state index in [-0.39, 0.29) is 29.7 Å². The number of aromatic hydroxyl groups is 1. The van der Waals surface area contributed by atoms with Gasteiger partial charge in [0.25, 0.3) is 5.91 Å². The third-order valence-corrected chi connectivity index (χ3v) is 8.33. The average Bonchev–Trinajstić information content (AvgIpc) is 2.82. The van der Waals surface area contributed by atoms with E-state index >= 15 is 0 Å². The predicted molar refractivity (Wildman–Crippen MR) is 140 cm³/mol. The zero-order valence-electron chi connectivity index (χ0n) is 22.3. The molecule has 4 rings (SSSR count). The minimum Gasteiger partial charge on any atom is -0.508 e. The van der Waals surface area contributed by atoms with Gasteiger partial charge in [0.05, 0.1) is 17.7 Å². The van der Waals surface area contributed by atoms with Crippen LogP contribution in [-0.2, 0) is 20.8 Å². The second-order valence-electron chi connectivity index (χ2n) is 11.2. The Morgan fingerprint density at radius 1 is 1.18 bits per heavy atom. The van der Waals surface area contributed by atoms with E-state index in [4.69, 9.17) is 11.0 Å². The summed E-state index contributed by atoms with van der Waals surface area (Å²) in [6.45, 7) is 3.20. The van der Waals surface area contributed by atoms with Crippen molar-refractivity contribution in [2.75, 3.05) is 14.1 Å². The van der Waals surface area contributed by atoms with Crippen molar-refractivity contribution in [1.29, 1.82) is 5.26 Å². The molecule has 3 aliphatic rings. The van der Waals surface area contributed by atoms with Crippen LogP contribution in [-0.4, -0.2) is 68.5 Å². The van der Waals surface area contributed by atoms with Crippen LogP contribution in [0.4, 0.5) is 0 Å². The van der Waals surface area contributed by atoms with Gasteiger partial charge in [0.15, 0.2) is 11.4 Å². The summed E-state index contributed by atoms with van der Waals surface area (Å²) in [5.41, 5.74) is -0.244. The first kappa shape index (κ1) is 27.9. The number of amides is 1. The van der Waals surface area contributed by atoms with Crippen molar-refractivity contribution < 1.29 is 34.8 Å². The number of aliphatic hydroxyl groups is 3. The van der Waals surface area contributed by atoms with Crippen LogP contribution in [0.15, 0.2) is 29.0 Å². The summed E-state index contributed by atoms with van der Waals surface area (Å²) in [4.78, 5) is 41.3. The number of rotatable bonds is 4. The molecule has 1 amide bonds. The third-order valence-electron chi connectivity index (χ3n) is 8.33. The third kappa shape index (κ3) is 3.75. The molecule has 0 aliphatic heterocycles. The topological polar surface area (TPSA) is 185 Å². The van der Waals surface area contributed by atoms with E-state index in [1.807, 2.05) is 0 Å². The summed E-state index contributed by atoms with van der Waals surface area (Å²) in [5, 5.41) is 54.0. The van der Waals surface area contributed by atoms with E-state index in [2.05, 4.69) is 17.9 Å². The lowest BCUT2D eigenvalue weighted by Crippen LogP contribution is -2.72. The van der Waals surface area contributed by atoms with Gasteiger partial charge in [-0.05, 0) is 51.1 Å². The van der Waals surface area contributed by atoms with Crippen LogP contribution in [0.2, 0.25) is 0 Å². The van der Waals surface area contributed by atoms with E-state index in [0.717, 1.165) is 0 Å². The lowest BCUT2D eigenvalue weighted by atomic mass is 9.46. The SMILES string of the molecule is CN(C)[C@@H]1C(=O)C(C(N)=O)=C(O)[C@@]2(O)C(=O)C3=C(O)c4c(O)ccc(C#CCCCC#N)c4C[C@@]3(C)C[C@@]12C. The highest BCUT2D eigenvalue weighted by Gasteiger charge is 2.72. The molecule has 1 aromatic carbocycles.